The van der Waals surface area contributed by atoms with E-state index in [1.54, 1.807) is 6.07 Å². The Labute approximate surface area is 228 Å². The molecule has 0 fully saturated rings. The van der Waals surface area contributed by atoms with Crippen LogP contribution >= 0.6 is 0 Å². The van der Waals surface area contributed by atoms with E-state index >= 15 is 0 Å². The van der Waals surface area contributed by atoms with Gasteiger partial charge in [-0.25, -0.2) is 4.39 Å². The SMILES string of the molecule is Cc1ccc(CC(C)(C)C)c(F)c1.Cc1ccc(CC(C)(C)C)cc1.Cc1ccc(CC(C)(C)C)cc1. The molecule has 3 rings (SSSR count). The minimum absolute atomic E-state index is 0.0741. The topological polar surface area (TPSA) is 0 Å². The van der Waals surface area contributed by atoms with Crippen LogP contribution in [0, 0.1) is 42.8 Å². The van der Waals surface area contributed by atoms with E-state index in [0.29, 0.717) is 10.8 Å². The fraction of sp³-hybridized carbons (Fsp3) is 0.500. The highest BCUT2D eigenvalue weighted by molar-refractivity contribution is 5.24. The molecule has 37 heavy (non-hydrogen) atoms. The van der Waals surface area contributed by atoms with E-state index in [2.05, 4.69) is 125 Å². The Kier molecular flexibility index (Phi) is 12.3. The molecule has 0 unspecified atom stereocenters. The summed E-state index contributed by atoms with van der Waals surface area (Å²) >= 11 is 0. The largest absolute Gasteiger partial charge is 0.207 e. The summed E-state index contributed by atoms with van der Waals surface area (Å²) in [7, 11) is 0. The first kappa shape index (κ1) is 32.6. The Bertz CT molecular complexity index is 993. The Balaban J connectivity index is 0.000000278. The lowest BCUT2D eigenvalue weighted by Crippen LogP contribution is -2.10. The third kappa shape index (κ3) is 16.1. The fourth-order valence-corrected chi connectivity index (χ4v) is 4.00. The molecule has 204 valence electrons. The van der Waals surface area contributed by atoms with Gasteiger partial charge in [0.1, 0.15) is 5.82 Å². The zero-order chi connectivity index (χ0) is 28.4. The minimum atomic E-state index is -0.0741. The molecule has 0 saturated carbocycles. The highest BCUT2D eigenvalue weighted by Crippen LogP contribution is 2.23. The summed E-state index contributed by atoms with van der Waals surface area (Å²) in [5, 5.41) is 0. The maximum Gasteiger partial charge on any atom is 0.126 e. The van der Waals surface area contributed by atoms with E-state index in [0.717, 1.165) is 30.4 Å². The van der Waals surface area contributed by atoms with Gasteiger partial charge in [0, 0.05) is 0 Å². The maximum atomic E-state index is 13.4. The van der Waals surface area contributed by atoms with E-state index in [1.165, 1.54) is 22.3 Å². The van der Waals surface area contributed by atoms with Gasteiger partial charge in [0.15, 0.2) is 0 Å². The van der Waals surface area contributed by atoms with E-state index in [9.17, 15) is 4.39 Å². The maximum absolute atomic E-state index is 13.4. The zero-order valence-corrected chi connectivity index (χ0v) is 25.9. The Morgan fingerprint density at radius 2 is 0.784 bits per heavy atom. The van der Waals surface area contributed by atoms with Crippen LogP contribution in [0.5, 0.6) is 0 Å². The molecule has 0 amide bonds. The summed E-state index contributed by atoms with van der Waals surface area (Å²) in [5.74, 6) is -0.0741. The third-order valence-electron chi connectivity index (χ3n) is 5.64. The first-order valence-electron chi connectivity index (χ1n) is 13.7. The second-order valence-corrected chi connectivity index (χ2v) is 14.3. The molecule has 0 bridgehead atoms. The van der Waals surface area contributed by atoms with Crippen molar-refractivity contribution in [2.24, 2.45) is 16.2 Å². The Morgan fingerprint density at radius 3 is 1.08 bits per heavy atom. The van der Waals surface area contributed by atoms with Crippen molar-refractivity contribution in [1.29, 1.82) is 0 Å². The van der Waals surface area contributed by atoms with Crippen LogP contribution in [0.15, 0.2) is 66.7 Å². The molecule has 0 aliphatic heterocycles. The summed E-state index contributed by atoms with van der Waals surface area (Å²) in [6, 6.07) is 23.1. The van der Waals surface area contributed by atoms with Crippen LogP contribution in [0.4, 0.5) is 4.39 Å². The summed E-state index contributed by atoms with van der Waals surface area (Å²) in [5.41, 5.74) is 8.30. The smallest absolute Gasteiger partial charge is 0.126 e. The van der Waals surface area contributed by atoms with Gasteiger partial charge in [0.25, 0.3) is 0 Å². The molecule has 0 spiro atoms. The van der Waals surface area contributed by atoms with Gasteiger partial charge >= 0.3 is 0 Å². The molecule has 1 heteroatoms. The first-order valence-corrected chi connectivity index (χ1v) is 13.7. The van der Waals surface area contributed by atoms with Crippen LogP contribution in [0.2, 0.25) is 0 Å². The van der Waals surface area contributed by atoms with Crippen LogP contribution < -0.4 is 0 Å². The molecule has 0 heterocycles. The Morgan fingerprint density at radius 1 is 0.459 bits per heavy atom. The molecule has 0 saturated heterocycles. The van der Waals surface area contributed by atoms with Crippen molar-refractivity contribution >= 4 is 0 Å². The highest BCUT2D eigenvalue weighted by atomic mass is 19.1. The normalized spacial score (nSPS) is 11.7. The zero-order valence-electron chi connectivity index (χ0n) is 25.9. The second kappa shape index (κ2) is 13.9. The average molecular weight is 505 g/mol. The lowest BCUT2D eigenvalue weighted by molar-refractivity contribution is 0.402. The van der Waals surface area contributed by atoms with E-state index in [-0.39, 0.29) is 11.2 Å². The van der Waals surface area contributed by atoms with Gasteiger partial charge in [-0.3, -0.25) is 0 Å². The van der Waals surface area contributed by atoms with Crippen LogP contribution in [0.25, 0.3) is 0 Å². The summed E-state index contributed by atoms with van der Waals surface area (Å²) in [4.78, 5) is 0. The molecule has 3 aromatic rings. The number of hydrogen-bond acceptors (Lipinski definition) is 0. The van der Waals surface area contributed by atoms with Crippen molar-refractivity contribution in [3.63, 3.8) is 0 Å². The van der Waals surface area contributed by atoms with Crippen LogP contribution in [0.3, 0.4) is 0 Å². The van der Waals surface area contributed by atoms with Gasteiger partial charge in [-0.05, 0) is 84.6 Å². The molecule has 0 nitrogen and oxygen atoms in total. The Hall–Kier alpha value is -2.41. The molecule has 0 aromatic heterocycles. The second-order valence-electron chi connectivity index (χ2n) is 14.3. The molecule has 3 aromatic carbocycles. The van der Waals surface area contributed by atoms with Gasteiger partial charge in [-0.2, -0.15) is 0 Å². The molecular formula is C36H53F. The van der Waals surface area contributed by atoms with E-state index in [4.69, 9.17) is 0 Å². The molecule has 0 radical (unpaired) electrons. The van der Waals surface area contributed by atoms with Gasteiger partial charge < -0.3 is 0 Å². The molecule has 0 aliphatic carbocycles. The van der Waals surface area contributed by atoms with E-state index in [1.807, 2.05) is 19.1 Å². The third-order valence-corrected chi connectivity index (χ3v) is 5.64. The lowest BCUT2D eigenvalue weighted by atomic mass is 9.88. The first-order chi connectivity index (χ1) is 16.8. The van der Waals surface area contributed by atoms with Crippen molar-refractivity contribution in [3.8, 4) is 0 Å². The fourth-order valence-electron chi connectivity index (χ4n) is 4.00. The number of benzene rings is 3. The van der Waals surface area contributed by atoms with Crippen molar-refractivity contribution < 1.29 is 4.39 Å². The average Bonchev–Trinajstić information content (AvgIpc) is 2.72. The summed E-state index contributed by atoms with van der Waals surface area (Å²) < 4.78 is 13.4. The quantitative estimate of drug-likeness (QED) is 0.333. The van der Waals surface area contributed by atoms with Crippen LogP contribution in [-0.2, 0) is 19.3 Å². The van der Waals surface area contributed by atoms with Crippen molar-refractivity contribution in [1.82, 2.24) is 0 Å². The molecule has 0 atom stereocenters. The van der Waals surface area contributed by atoms with Gasteiger partial charge in [0.2, 0.25) is 0 Å². The number of hydrogen-bond donors (Lipinski definition) is 0. The van der Waals surface area contributed by atoms with Crippen LogP contribution in [-0.4, -0.2) is 0 Å². The van der Waals surface area contributed by atoms with Gasteiger partial charge in [-0.1, -0.05) is 134 Å². The predicted octanol–water partition coefficient (Wildman–Crippen LogP) is 10.9. The number of halogens is 1. The monoisotopic (exact) mass is 504 g/mol. The summed E-state index contributed by atoms with van der Waals surface area (Å²) in [6.45, 7) is 26.1. The highest BCUT2D eigenvalue weighted by Gasteiger charge is 2.14. The molecular weight excluding hydrogens is 451 g/mol. The molecule has 0 aliphatic rings. The molecule has 0 N–H and O–H groups in total. The van der Waals surface area contributed by atoms with Gasteiger partial charge in [0.05, 0.1) is 0 Å². The number of aryl methyl sites for hydroxylation is 3. The van der Waals surface area contributed by atoms with Crippen molar-refractivity contribution in [3.05, 3.63) is 106 Å². The predicted molar refractivity (Wildman–Crippen MR) is 163 cm³/mol. The standard InChI is InChI=1S/C12H17F.2C12H18/c1-9-5-6-10(11(13)7-9)8-12(2,3)4;2*1-10-5-7-11(8-6-10)9-12(2,3)4/h5-7H,8H2,1-4H3;2*5-8H,9H2,1-4H3. The van der Waals surface area contributed by atoms with Crippen molar-refractivity contribution in [2.75, 3.05) is 0 Å². The summed E-state index contributed by atoms with van der Waals surface area (Å²) in [6.07, 6.45) is 3.11. The van der Waals surface area contributed by atoms with Gasteiger partial charge in [-0.15, -0.1) is 0 Å². The lowest BCUT2D eigenvalue weighted by Gasteiger charge is -2.18. The minimum Gasteiger partial charge on any atom is -0.207 e. The van der Waals surface area contributed by atoms with E-state index < -0.39 is 0 Å². The van der Waals surface area contributed by atoms with Crippen LogP contribution in [0.1, 0.15) is 95.7 Å². The van der Waals surface area contributed by atoms with Crippen molar-refractivity contribution in [2.45, 2.75) is 102 Å². The number of rotatable bonds is 3.